The molecule has 3 heterocycles. The van der Waals surface area contributed by atoms with E-state index < -0.39 is 5.60 Å². The highest BCUT2D eigenvalue weighted by molar-refractivity contribution is 5.93. The molecule has 7 heteroatoms. The predicted molar refractivity (Wildman–Crippen MR) is 95.3 cm³/mol. The van der Waals surface area contributed by atoms with Crippen molar-refractivity contribution in [2.24, 2.45) is 18.9 Å². The molecule has 0 radical (unpaired) electrons. The molecule has 1 aliphatic carbocycles. The molecule has 0 spiro atoms. The lowest BCUT2D eigenvalue weighted by atomic mass is 9.75. The van der Waals surface area contributed by atoms with Crippen molar-refractivity contribution in [2.75, 3.05) is 26.2 Å². The lowest BCUT2D eigenvalue weighted by Crippen LogP contribution is -2.61. The van der Waals surface area contributed by atoms with Gasteiger partial charge in [-0.05, 0) is 25.7 Å². The normalized spacial score (nSPS) is 29.7. The van der Waals surface area contributed by atoms with Crippen molar-refractivity contribution in [3.63, 3.8) is 0 Å². The maximum atomic E-state index is 12.8. The first-order chi connectivity index (χ1) is 12.5. The molecule has 2 atom stereocenters. The lowest BCUT2D eigenvalue weighted by Gasteiger charge is -2.50. The Morgan fingerprint density at radius 1 is 1.15 bits per heavy atom. The van der Waals surface area contributed by atoms with E-state index in [1.54, 1.807) is 29.0 Å². The van der Waals surface area contributed by atoms with Gasteiger partial charge in [-0.2, -0.15) is 5.10 Å². The summed E-state index contributed by atoms with van der Waals surface area (Å²) < 4.78 is 1.62. The number of nitrogens with zero attached hydrogens (tertiary/aromatic N) is 4. The molecule has 4 rings (SSSR count). The summed E-state index contributed by atoms with van der Waals surface area (Å²) in [7, 11) is 1.79. The third-order valence-corrected chi connectivity index (χ3v) is 6.53. The van der Waals surface area contributed by atoms with E-state index in [-0.39, 0.29) is 23.7 Å². The average Bonchev–Trinajstić information content (AvgIpc) is 3.31. The summed E-state index contributed by atoms with van der Waals surface area (Å²) in [6.07, 6.45) is 8.78. The van der Waals surface area contributed by atoms with Crippen molar-refractivity contribution < 1.29 is 14.7 Å². The van der Waals surface area contributed by atoms with Crippen LogP contribution in [0.2, 0.25) is 0 Å². The fourth-order valence-electron chi connectivity index (χ4n) is 4.83. The number of rotatable bonds is 2. The van der Waals surface area contributed by atoms with Crippen LogP contribution >= 0.6 is 0 Å². The third-order valence-electron chi connectivity index (χ3n) is 6.53. The second-order valence-corrected chi connectivity index (χ2v) is 8.22. The first-order valence-electron chi connectivity index (χ1n) is 9.75. The molecule has 1 aromatic rings. The first-order valence-corrected chi connectivity index (χ1v) is 9.75. The third kappa shape index (κ3) is 3.13. The van der Waals surface area contributed by atoms with E-state index in [0.29, 0.717) is 44.6 Å². The Morgan fingerprint density at radius 3 is 2.46 bits per heavy atom. The molecular weight excluding hydrogens is 332 g/mol. The number of aryl methyl sites for hydroxylation is 1. The summed E-state index contributed by atoms with van der Waals surface area (Å²) in [5.41, 5.74) is -0.175. The monoisotopic (exact) mass is 360 g/mol. The standard InChI is InChI=1S/C19H28N4O3/c1-21-11-15(10-20-21)18(25)23-9-7-19(26)6-8-22(12-16(19)13-23)17(24)14-4-2-3-5-14/h10-11,14,16,26H,2-9,12-13H2,1H3/t16-,19-/m0/s1. The number of carbonyl (C=O) groups is 2. The van der Waals surface area contributed by atoms with E-state index in [2.05, 4.69) is 5.10 Å². The molecule has 1 N–H and O–H groups in total. The summed E-state index contributed by atoms with van der Waals surface area (Å²) >= 11 is 0. The van der Waals surface area contributed by atoms with Crippen LogP contribution < -0.4 is 0 Å². The van der Waals surface area contributed by atoms with E-state index in [9.17, 15) is 14.7 Å². The molecule has 3 aliphatic rings. The molecule has 7 nitrogen and oxygen atoms in total. The van der Waals surface area contributed by atoms with Crippen LogP contribution in [-0.4, -0.2) is 68.3 Å². The summed E-state index contributed by atoms with van der Waals surface area (Å²) in [6, 6.07) is 0. The van der Waals surface area contributed by atoms with E-state index in [1.807, 2.05) is 4.90 Å². The zero-order valence-corrected chi connectivity index (χ0v) is 15.4. The topological polar surface area (TPSA) is 78.7 Å². The fraction of sp³-hybridized carbons (Fsp3) is 0.737. The van der Waals surface area contributed by atoms with Crippen LogP contribution in [0.1, 0.15) is 48.9 Å². The van der Waals surface area contributed by atoms with Crippen LogP contribution in [0.25, 0.3) is 0 Å². The molecule has 2 amide bonds. The molecule has 1 saturated carbocycles. The second kappa shape index (κ2) is 6.68. The largest absolute Gasteiger partial charge is 0.389 e. The number of likely N-dealkylation sites (tertiary alicyclic amines) is 2. The van der Waals surface area contributed by atoms with E-state index in [0.717, 1.165) is 25.7 Å². The average molecular weight is 360 g/mol. The Bertz CT molecular complexity index is 697. The summed E-state index contributed by atoms with van der Waals surface area (Å²) in [5.74, 6) is 0.300. The number of carbonyl (C=O) groups excluding carboxylic acids is 2. The van der Waals surface area contributed by atoms with Crippen LogP contribution in [0, 0.1) is 11.8 Å². The van der Waals surface area contributed by atoms with Crippen LogP contribution in [-0.2, 0) is 11.8 Å². The Kier molecular flexibility index (Phi) is 4.50. The molecule has 0 bridgehead atoms. The highest BCUT2D eigenvalue weighted by Crippen LogP contribution is 2.37. The van der Waals surface area contributed by atoms with Gasteiger partial charge >= 0.3 is 0 Å². The SMILES string of the molecule is Cn1cc(C(=O)N2CC[C@@]3(O)CCN(C(=O)C4CCCC4)C[C@H]3C2)cn1. The van der Waals surface area contributed by atoms with Crippen LogP contribution in [0.5, 0.6) is 0 Å². The zero-order valence-electron chi connectivity index (χ0n) is 15.4. The van der Waals surface area contributed by atoms with Crippen molar-refractivity contribution in [1.82, 2.24) is 19.6 Å². The maximum Gasteiger partial charge on any atom is 0.257 e. The van der Waals surface area contributed by atoms with Gasteiger partial charge in [-0.1, -0.05) is 12.8 Å². The minimum absolute atomic E-state index is 0.0422. The zero-order chi connectivity index (χ0) is 18.3. The summed E-state index contributed by atoms with van der Waals surface area (Å²) in [6.45, 7) is 2.25. The molecule has 0 unspecified atom stereocenters. The van der Waals surface area contributed by atoms with Gasteiger partial charge in [0.05, 0.1) is 17.4 Å². The minimum atomic E-state index is -0.752. The van der Waals surface area contributed by atoms with Gasteiger partial charge in [0.15, 0.2) is 0 Å². The highest BCUT2D eigenvalue weighted by atomic mass is 16.3. The fourth-order valence-corrected chi connectivity index (χ4v) is 4.83. The van der Waals surface area contributed by atoms with Crippen molar-refractivity contribution in [2.45, 2.75) is 44.1 Å². The van der Waals surface area contributed by atoms with Gasteiger partial charge < -0.3 is 14.9 Å². The molecule has 2 saturated heterocycles. The lowest BCUT2D eigenvalue weighted by molar-refractivity contribution is -0.148. The van der Waals surface area contributed by atoms with Crippen LogP contribution in [0.4, 0.5) is 0 Å². The Labute approximate surface area is 153 Å². The van der Waals surface area contributed by atoms with Gasteiger partial charge in [-0.15, -0.1) is 0 Å². The molecule has 3 fully saturated rings. The molecular formula is C19H28N4O3. The van der Waals surface area contributed by atoms with Gasteiger partial charge in [-0.25, -0.2) is 0 Å². The molecule has 0 aromatic carbocycles. The van der Waals surface area contributed by atoms with Crippen LogP contribution in [0.15, 0.2) is 12.4 Å². The Balaban J connectivity index is 1.44. The molecule has 2 aliphatic heterocycles. The summed E-state index contributed by atoms with van der Waals surface area (Å²) in [5, 5.41) is 15.1. The number of amides is 2. The number of aliphatic hydroxyl groups is 1. The predicted octanol–water partition coefficient (Wildman–Crippen LogP) is 1.04. The minimum Gasteiger partial charge on any atom is -0.389 e. The van der Waals surface area contributed by atoms with Gasteiger partial charge in [-0.3, -0.25) is 14.3 Å². The smallest absolute Gasteiger partial charge is 0.257 e. The number of hydrogen-bond donors (Lipinski definition) is 1. The van der Waals surface area contributed by atoms with Crippen molar-refractivity contribution >= 4 is 11.8 Å². The van der Waals surface area contributed by atoms with Crippen molar-refractivity contribution in [3.05, 3.63) is 18.0 Å². The van der Waals surface area contributed by atoms with Gasteiger partial charge in [0, 0.05) is 51.3 Å². The van der Waals surface area contributed by atoms with E-state index in [4.69, 9.17) is 0 Å². The van der Waals surface area contributed by atoms with Gasteiger partial charge in [0.1, 0.15) is 0 Å². The number of aromatic nitrogens is 2. The van der Waals surface area contributed by atoms with Crippen LogP contribution in [0.3, 0.4) is 0 Å². The first kappa shape index (κ1) is 17.5. The Hall–Kier alpha value is -1.89. The van der Waals surface area contributed by atoms with Gasteiger partial charge in [0.2, 0.25) is 5.91 Å². The van der Waals surface area contributed by atoms with E-state index >= 15 is 0 Å². The molecule has 1 aromatic heterocycles. The molecule has 142 valence electrons. The molecule has 26 heavy (non-hydrogen) atoms. The summed E-state index contributed by atoms with van der Waals surface area (Å²) in [4.78, 5) is 29.2. The highest BCUT2D eigenvalue weighted by Gasteiger charge is 2.47. The Morgan fingerprint density at radius 2 is 1.81 bits per heavy atom. The maximum absolute atomic E-state index is 12.8. The number of piperidine rings is 2. The second-order valence-electron chi connectivity index (χ2n) is 8.22. The van der Waals surface area contributed by atoms with Crippen molar-refractivity contribution in [3.8, 4) is 0 Å². The van der Waals surface area contributed by atoms with Gasteiger partial charge in [0.25, 0.3) is 5.91 Å². The van der Waals surface area contributed by atoms with E-state index in [1.165, 1.54) is 0 Å². The number of hydrogen-bond acceptors (Lipinski definition) is 4. The quantitative estimate of drug-likeness (QED) is 0.855. The number of fused-ring (bicyclic) bond motifs is 1. The van der Waals surface area contributed by atoms with Crippen molar-refractivity contribution in [1.29, 1.82) is 0 Å².